The zero-order chi connectivity index (χ0) is 20.1. The number of nitrogens with zero attached hydrogens (tertiary/aromatic N) is 2. The highest BCUT2D eigenvalue weighted by atomic mass is 32.2. The predicted molar refractivity (Wildman–Crippen MR) is 113 cm³/mol. The van der Waals surface area contributed by atoms with Crippen LogP contribution < -0.4 is 10.2 Å². The fraction of sp³-hybridized carbons (Fsp3) is 0.0455. The Bertz CT molecular complexity index is 1160. The normalized spacial score (nSPS) is 11.1. The maximum absolute atomic E-state index is 12.1. The summed E-state index contributed by atoms with van der Waals surface area (Å²) in [6.45, 7) is 0. The Kier molecular flexibility index (Phi) is 5.58. The molecule has 144 valence electrons. The quantitative estimate of drug-likeness (QED) is 0.371. The number of carbonyl (C=O) groups is 1. The highest BCUT2D eigenvalue weighted by Crippen LogP contribution is 2.33. The maximum Gasteiger partial charge on any atom is 0.271 e. The summed E-state index contributed by atoms with van der Waals surface area (Å²) in [7, 11) is 1.58. The number of hydrogen-bond donors (Lipinski definition) is 1. The molecule has 2 aromatic heterocycles. The lowest BCUT2D eigenvalue weighted by atomic mass is 10.2. The van der Waals surface area contributed by atoms with Gasteiger partial charge in [0.2, 0.25) is 0 Å². The number of methoxy groups -OCH3 is 1. The standard InChI is InChI=1S/C22H17N3O3S/c1-27-17-9-7-16(8-10-17)22(26)25-24-14-18-11-12-20(28-18)29-19-6-2-4-15-5-3-13-23-21(15)19/h2-14H,1H3,(H,25,26)/b24-14+. The number of carbonyl (C=O) groups excluding carboxylic acids is 1. The summed E-state index contributed by atoms with van der Waals surface area (Å²) < 4.78 is 10.8. The van der Waals surface area contributed by atoms with Gasteiger partial charge in [-0.15, -0.1) is 0 Å². The van der Waals surface area contributed by atoms with Gasteiger partial charge in [0.25, 0.3) is 5.91 Å². The molecule has 6 nitrogen and oxygen atoms in total. The summed E-state index contributed by atoms with van der Waals surface area (Å²) in [4.78, 5) is 17.6. The maximum atomic E-state index is 12.1. The number of fused-ring (bicyclic) bond motifs is 1. The largest absolute Gasteiger partial charge is 0.497 e. The predicted octanol–water partition coefficient (Wildman–Crippen LogP) is 4.75. The van der Waals surface area contributed by atoms with Crippen LogP contribution in [0.5, 0.6) is 5.75 Å². The molecule has 0 fully saturated rings. The van der Waals surface area contributed by atoms with Crippen molar-refractivity contribution in [2.24, 2.45) is 5.10 Å². The average molecular weight is 403 g/mol. The number of hydrazone groups is 1. The van der Waals surface area contributed by atoms with Crippen LogP contribution in [0.15, 0.2) is 92.4 Å². The van der Waals surface area contributed by atoms with Crippen molar-refractivity contribution in [3.63, 3.8) is 0 Å². The lowest BCUT2D eigenvalue weighted by molar-refractivity contribution is 0.0955. The number of nitrogens with one attached hydrogen (secondary N) is 1. The lowest BCUT2D eigenvalue weighted by Gasteiger charge is -2.03. The second kappa shape index (κ2) is 8.62. The number of ether oxygens (including phenoxy) is 1. The van der Waals surface area contributed by atoms with Gasteiger partial charge in [0, 0.05) is 22.0 Å². The fourth-order valence-electron chi connectivity index (χ4n) is 2.69. The number of rotatable bonds is 6. The molecule has 4 aromatic rings. The summed E-state index contributed by atoms with van der Waals surface area (Å²) in [5, 5.41) is 5.75. The van der Waals surface area contributed by atoms with E-state index in [1.807, 2.05) is 36.4 Å². The Morgan fingerprint density at radius 2 is 1.93 bits per heavy atom. The van der Waals surface area contributed by atoms with Crippen molar-refractivity contribution in [2.45, 2.75) is 9.99 Å². The Morgan fingerprint density at radius 1 is 1.10 bits per heavy atom. The molecule has 0 saturated carbocycles. The number of benzene rings is 2. The molecule has 0 aliphatic carbocycles. The number of amides is 1. The highest BCUT2D eigenvalue weighted by Gasteiger charge is 2.08. The third kappa shape index (κ3) is 4.47. The molecule has 0 aliphatic rings. The summed E-state index contributed by atoms with van der Waals surface area (Å²) in [5.74, 6) is 0.912. The molecule has 2 heterocycles. The highest BCUT2D eigenvalue weighted by molar-refractivity contribution is 7.99. The number of aromatic nitrogens is 1. The van der Waals surface area contributed by atoms with Gasteiger partial charge in [-0.1, -0.05) is 18.2 Å². The van der Waals surface area contributed by atoms with Crippen LogP contribution in [0.4, 0.5) is 0 Å². The van der Waals surface area contributed by atoms with E-state index in [0.717, 1.165) is 15.8 Å². The number of hydrogen-bond acceptors (Lipinski definition) is 6. The summed E-state index contributed by atoms with van der Waals surface area (Å²) >= 11 is 1.49. The number of pyridine rings is 1. The molecule has 2 aromatic carbocycles. The van der Waals surface area contributed by atoms with Crippen molar-refractivity contribution in [1.29, 1.82) is 0 Å². The van der Waals surface area contributed by atoms with Crippen molar-refractivity contribution >= 4 is 34.8 Å². The molecule has 0 unspecified atom stereocenters. The van der Waals surface area contributed by atoms with Crippen LogP contribution in [0.2, 0.25) is 0 Å². The molecule has 0 saturated heterocycles. The minimum absolute atomic E-state index is 0.313. The molecule has 1 N–H and O–H groups in total. The molecule has 0 aliphatic heterocycles. The van der Waals surface area contributed by atoms with Gasteiger partial charge in [0.05, 0.1) is 18.8 Å². The van der Waals surface area contributed by atoms with E-state index in [0.29, 0.717) is 22.2 Å². The minimum Gasteiger partial charge on any atom is -0.497 e. The van der Waals surface area contributed by atoms with Crippen molar-refractivity contribution < 1.29 is 13.9 Å². The molecule has 1 amide bonds. The van der Waals surface area contributed by atoms with Crippen molar-refractivity contribution in [3.05, 3.63) is 84.3 Å². The SMILES string of the molecule is COc1ccc(C(=O)N/N=C/c2ccc(Sc3cccc4cccnc34)o2)cc1. The number of para-hydroxylation sites is 1. The first-order valence-corrected chi connectivity index (χ1v) is 9.63. The Morgan fingerprint density at radius 3 is 2.76 bits per heavy atom. The Labute approximate surface area is 171 Å². The van der Waals surface area contributed by atoms with E-state index in [2.05, 4.69) is 15.5 Å². The van der Waals surface area contributed by atoms with E-state index in [4.69, 9.17) is 9.15 Å². The molecule has 0 atom stereocenters. The first-order chi connectivity index (χ1) is 14.2. The zero-order valence-electron chi connectivity index (χ0n) is 15.5. The van der Waals surface area contributed by atoms with Gasteiger partial charge in [0.1, 0.15) is 11.5 Å². The Hall–Kier alpha value is -3.58. The first-order valence-electron chi connectivity index (χ1n) is 8.82. The third-order valence-electron chi connectivity index (χ3n) is 4.12. The molecular weight excluding hydrogens is 386 g/mol. The average Bonchev–Trinajstić information content (AvgIpc) is 3.21. The van der Waals surface area contributed by atoms with Crippen LogP contribution in [0.1, 0.15) is 16.1 Å². The molecular formula is C22H17N3O3S. The van der Waals surface area contributed by atoms with Crippen LogP contribution >= 0.6 is 11.8 Å². The van der Waals surface area contributed by atoms with Gasteiger partial charge in [-0.3, -0.25) is 9.78 Å². The second-order valence-corrected chi connectivity index (χ2v) is 7.06. The van der Waals surface area contributed by atoms with Gasteiger partial charge in [-0.25, -0.2) is 5.43 Å². The number of furan rings is 1. The van der Waals surface area contributed by atoms with Crippen LogP contribution in [-0.4, -0.2) is 24.2 Å². The van der Waals surface area contributed by atoms with E-state index in [1.165, 1.54) is 18.0 Å². The van der Waals surface area contributed by atoms with Gasteiger partial charge >= 0.3 is 0 Å². The third-order valence-corrected chi connectivity index (χ3v) is 5.09. The minimum atomic E-state index is -0.313. The molecule has 0 radical (unpaired) electrons. The monoisotopic (exact) mass is 403 g/mol. The zero-order valence-corrected chi connectivity index (χ0v) is 16.3. The summed E-state index contributed by atoms with van der Waals surface area (Å²) in [6.07, 6.45) is 3.24. The van der Waals surface area contributed by atoms with Gasteiger partial charge in [-0.2, -0.15) is 5.10 Å². The Balaban J connectivity index is 1.40. The first kappa shape index (κ1) is 18.8. The lowest BCUT2D eigenvalue weighted by Crippen LogP contribution is -2.17. The second-order valence-electron chi connectivity index (χ2n) is 6.02. The van der Waals surface area contributed by atoms with Crippen LogP contribution in [0.3, 0.4) is 0 Å². The van der Waals surface area contributed by atoms with E-state index < -0.39 is 0 Å². The van der Waals surface area contributed by atoms with Crippen molar-refractivity contribution in [3.8, 4) is 5.75 Å². The van der Waals surface area contributed by atoms with E-state index in [9.17, 15) is 4.79 Å². The summed E-state index contributed by atoms with van der Waals surface area (Å²) in [6, 6.07) is 20.4. The van der Waals surface area contributed by atoms with E-state index in [1.54, 1.807) is 43.6 Å². The smallest absolute Gasteiger partial charge is 0.271 e. The molecule has 0 bridgehead atoms. The van der Waals surface area contributed by atoms with Crippen molar-refractivity contribution in [2.75, 3.05) is 7.11 Å². The van der Waals surface area contributed by atoms with Crippen LogP contribution in [0.25, 0.3) is 10.9 Å². The van der Waals surface area contributed by atoms with Gasteiger partial charge in [0.15, 0.2) is 5.09 Å². The van der Waals surface area contributed by atoms with E-state index >= 15 is 0 Å². The van der Waals surface area contributed by atoms with Gasteiger partial charge in [-0.05, 0) is 60.3 Å². The van der Waals surface area contributed by atoms with Gasteiger partial charge < -0.3 is 9.15 Å². The van der Waals surface area contributed by atoms with Crippen molar-refractivity contribution in [1.82, 2.24) is 10.4 Å². The molecule has 29 heavy (non-hydrogen) atoms. The summed E-state index contributed by atoms with van der Waals surface area (Å²) in [5.41, 5.74) is 3.90. The van der Waals surface area contributed by atoms with E-state index in [-0.39, 0.29) is 5.91 Å². The van der Waals surface area contributed by atoms with Crippen LogP contribution in [0, 0.1) is 0 Å². The molecule has 7 heteroatoms. The molecule has 0 spiro atoms. The fourth-order valence-corrected chi connectivity index (χ4v) is 3.59. The van der Waals surface area contributed by atoms with Crippen LogP contribution in [-0.2, 0) is 0 Å². The molecule has 4 rings (SSSR count). The topological polar surface area (TPSA) is 76.7 Å².